The third kappa shape index (κ3) is 3.13. The molecule has 0 saturated heterocycles. The van der Waals surface area contributed by atoms with Crippen LogP contribution in [0.5, 0.6) is 0 Å². The molecule has 3 heterocycles. The number of aryl methyl sites for hydroxylation is 2. The molecule has 0 aliphatic rings. The van der Waals surface area contributed by atoms with E-state index in [2.05, 4.69) is 46.8 Å². The summed E-state index contributed by atoms with van der Waals surface area (Å²) in [7, 11) is 2.03. The fourth-order valence-electron chi connectivity index (χ4n) is 2.95. The molecule has 0 aliphatic heterocycles. The van der Waals surface area contributed by atoms with Crippen molar-refractivity contribution in [3.8, 4) is 0 Å². The molecule has 0 fully saturated rings. The van der Waals surface area contributed by atoms with Crippen LogP contribution in [0.3, 0.4) is 0 Å². The Morgan fingerprint density at radius 2 is 2.04 bits per heavy atom. The van der Waals surface area contributed by atoms with E-state index >= 15 is 0 Å². The predicted octanol–water partition coefficient (Wildman–Crippen LogP) is 3.85. The van der Waals surface area contributed by atoms with Crippen molar-refractivity contribution in [1.82, 2.24) is 24.1 Å². The maximum absolute atomic E-state index is 4.73. The summed E-state index contributed by atoms with van der Waals surface area (Å²) in [5.41, 5.74) is 2.92. The molecule has 1 N–H and O–H groups in total. The van der Waals surface area contributed by atoms with Crippen molar-refractivity contribution in [1.29, 1.82) is 0 Å². The molecule has 3 aromatic heterocycles. The smallest absolute Gasteiger partial charge is 0.157 e. The third-order valence-corrected chi connectivity index (χ3v) is 4.23. The molecule has 128 valence electrons. The Kier molecular flexibility index (Phi) is 4.55. The molecule has 6 nitrogen and oxygen atoms in total. The molecule has 24 heavy (non-hydrogen) atoms. The van der Waals surface area contributed by atoms with E-state index in [0.29, 0.717) is 5.92 Å². The highest BCUT2D eigenvalue weighted by atomic mass is 15.3. The Balaban J connectivity index is 2.05. The van der Waals surface area contributed by atoms with Crippen molar-refractivity contribution >= 4 is 11.5 Å². The lowest BCUT2D eigenvalue weighted by Crippen LogP contribution is -2.18. The maximum Gasteiger partial charge on any atom is 0.157 e. The number of anilines is 1. The standard InChI is InChI=1S/C18H26N6/c1-6-7-14(18-19-8-9-23(18)5)20-17-11-15(12(2)3)21-16-10-13(4)22-24(16)17/h8-12,14,20H,6-7H2,1-5H3. The average molecular weight is 326 g/mol. The fraction of sp³-hybridized carbons (Fsp3) is 0.500. The zero-order chi connectivity index (χ0) is 17.3. The first-order chi connectivity index (χ1) is 11.5. The highest BCUT2D eigenvalue weighted by Gasteiger charge is 2.18. The second kappa shape index (κ2) is 6.63. The van der Waals surface area contributed by atoms with E-state index in [1.807, 2.05) is 36.9 Å². The van der Waals surface area contributed by atoms with Crippen LogP contribution in [0.4, 0.5) is 5.82 Å². The molecule has 0 amide bonds. The van der Waals surface area contributed by atoms with Gasteiger partial charge in [0, 0.05) is 37.3 Å². The van der Waals surface area contributed by atoms with Gasteiger partial charge >= 0.3 is 0 Å². The van der Waals surface area contributed by atoms with Crippen LogP contribution in [0.2, 0.25) is 0 Å². The topological polar surface area (TPSA) is 60.0 Å². The molecule has 1 unspecified atom stereocenters. The van der Waals surface area contributed by atoms with Crippen LogP contribution in [0, 0.1) is 6.92 Å². The van der Waals surface area contributed by atoms with Crippen LogP contribution in [-0.2, 0) is 7.05 Å². The summed E-state index contributed by atoms with van der Waals surface area (Å²) in [4.78, 5) is 9.26. The van der Waals surface area contributed by atoms with Gasteiger partial charge in [0.1, 0.15) is 11.6 Å². The van der Waals surface area contributed by atoms with Crippen molar-refractivity contribution in [2.24, 2.45) is 7.05 Å². The van der Waals surface area contributed by atoms with Crippen molar-refractivity contribution in [2.75, 3.05) is 5.32 Å². The van der Waals surface area contributed by atoms with Crippen molar-refractivity contribution < 1.29 is 0 Å². The number of imidazole rings is 1. The van der Waals surface area contributed by atoms with Gasteiger partial charge in [-0.05, 0) is 19.3 Å². The Morgan fingerprint density at radius 3 is 2.67 bits per heavy atom. The van der Waals surface area contributed by atoms with Gasteiger partial charge in [-0.2, -0.15) is 9.61 Å². The van der Waals surface area contributed by atoms with E-state index in [9.17, 15) is 0 Å². The quantitative estimate of drug-likeness (QED) is 0.747. The van der Waals surface area contributed by atoms with E-state index in [1.165, 1.54) is 0 Å². The summed E-state index contributed by atoms with van der Waals surface area (Å²) in [5, 5.41) is 8.25. The van der Waals surface area contributed by atoms with Gasteiger partial charge in [0.05, 0.1) is 11.7 Å². The zero-order valence-electron chi connectivity index (χ0n) is 15.1. The van der Waals surface area contributed by atoms with Gasteiger partial charge in [-0.1, -0.05) is 27.2 Å². The third-order valence-electron chi connectivity index (χ3n) is 4.23. The Bertz CT molecular complexity index is 829. The van der Waals surface area contributed by atoms with Crippen LogP contribution in [0.15, 0.2) is 24.5 Å². The van der Waals surface area contributed by atoms with Gasteiger partial charge in [-0.25, -0.2) is 9.97 Å². The van der Waals surface area contributed by atoms with Gasteiger partial charge in [0.15, 0.2) is 5.65 Å². The van der Waals surface area contributed by atoms with Crippen LogP contribution < -0.4 is 5.32 Å². The maximum atomic E-state index is 4.73. The minimum absolute atomic E-state index is 0.144. The number of rotatable bonds is 6. The average Bonchev–Trinajstić information content (AvgIpc) is 3.11. The van der Waals surface area contributed by atoms with Crippen LogP contribution >= 0.6 is 0 Å². The SMILES string of the molecule is CCCC(Nc1cc(C(C)C)nc2cc(C)nn12)c1nccn1C. The molecular weight excluding hydrogens is 300 g/mol. The molecule has 0 radical (unpaired) electrons. The number of hydrogen-bond donors (Lipinski definition) is 1. The van der Waals surface area contributed by atoms with E-state index in [-0.39, 0.29) is 6.04 Å². The van der Waals surface area contributed by atoms with Gasteiger partial charge in [-0.3, -0.25) is 0 Å². The first-order valence-electron chi connectivity index (χ1n) is 8.60. The molecule has 3 aromatic rings. The summed E-state index contributed by atoms with van der Waals surface area (Å²) in [5.74, 6) is 2.37. The number of nitrogens with zero attached hydrogens (tertiary/aromatic N) is 5. The van der Waals surface area contributed by atoms with Gasteiger partial charge < -0.3 is 9.88 Å². The lowest BCUT2D eigenvalue weighted by Gasteiger charge is -2.20. The van der Waals surface area contributed by atoms with Crippen LogP contribution in [0.1, 0.15) is 62.8 Å². The summed E-state index contributed by atoms with van der Waals surface area (Å²) < 4.78 is 3.97. The summed E-state index contributed by atoms with van der Waals surface area (Å²) >= 11 is 0. The molecule has 0 spiro atoms. The molecule has 6 heteroatoms. The number of nitrogens with one attached hydrogen (secondary N) is 1. The number of fused-ring (bicyclic) bond motifs is 1. The predicted molar refractivity (Wildman–Crippen MR) is 96.3 cm³/mol. The fourth-order valence-corrected chi connectivity index (χ4v) is 2.95. The molecular formula is C18H26N6. The lowest BCUT2D eigenvalue weighted by molar-refractivity contribution is 0.607. The summed E-state index contributed by atoms with van der Waals surface area (Å²) in [6.07, 6.45) is 5.92. The van der Waals surface area contributed by atoms with E-state index < -0.39 is 0 Å². The van der Waals surface area contributed by atoms with Gasteiger partial charge in [-0.15, -0.1) is 0 Å². The highest BCUT2D eigenvalue weighted by Crippen LogP contribution is 2.25. The first-order valence-corrected chi connectivity index (χ1v) is 8.60. The molecule has 0 aliphatic carbocycles. The molecule has 0 bridgehead atoms. The zero-order valence-corrected chi connectivity index (χ0v) is 15.1. The molecule has 1 atom stereocenters. The Labute approximate surface area is 142 Å². The molecule has 3 rings (SSSR count). The number of aromatic nitrogens is 5. The normalized spacial score (nSPS) is 12.9. The van der Waals surface area contributed by atoms with Crippen LogP contribution in [0.25, 0.3) is 5.65 Å². The van der Waals surface area contributed by atoms with E-state index in [0.717, 1.165) is 41.5 Å². The van der Waals surface area contributed by atoms with Crippen molar-refractivity contribution in [3.63, 3.8) is 0 Å². The minimum Gasteiger partial charge on any atom is -0.360 e. The van der Waals surface area contributed by atoms with Crippen molar-refractivity contribution in [2.45, 2.75) is 52.5 Å². The number of hydrogen-bond acceptors (Lipinski definition) is 4. The minimum atomic E-state index is 0.144. The second-order valence-corrected chi connectivity index (χ2v) is 6.66. The van der Waals surface area contributed by atoms with E-state index in [4.69, 9.17) is 4.98 Å². The molecule has 0 aromatic carbocycles. The summed E-state index contributed by atoms with van der Waals surface area (Å²) in [6.45, 7) is 8.51. The Hall–Kier alpha value is -2.37. The second-order valence-electron chi connectivity index (χ2n) is 6.66. The monoisotopic (exact) mass is 326 g/mol. The molecule has 0 saturated carbocycles. The largest absolute Gasteiger partial charge is 0.360 e. The van der Waals surface area contributed by atoms with Crippen molar-refractivity contribution in [3.05, 3.63) is 41.7 Å². The van der Waals surface area contributed by atoms with Gasteiger partial charge in [0.2, 0.25) is 0 Å². The first kappa shape index (κ1) is 16.5. The Morgan fingerprint density at radius 1 is 1.25 bits per heavy atom. The summed E-state index contributed by atoms with van der Waals surface area (Å²) in [6, 6.07) is 4.27. The highest BCUT2D eigenvalue weighted by molar-refractivity contribution is 5.51. The van der Waals surface area contributed by atoms with Crippen LogP contribution in [-0.4, -0.2) is 24.1 Å². The lowest BCUT2D eigenvalue weighted by atomic mass is 10.1. The van der Waals surface area contributed by atoms with Gasteiger partial charge in [0.25, 0.3) is 0 Å². The van der Waals surface area contributed by atoms with E-state index in [1.54, 1.807) is 0 Å².